The van der Waals surface area contributed by atoms with Crippen LogP contribution in [-0.2, 0) is 9.53 Å². The second kappa shape index (κ2) is 2.81. The molecule has 2 heteroatoms. The second-order valence-electron chi connectivity index (χ2n) is 2.65. The maximum Gasteiger partial charge on any atom is 0.150 e. The van der Waals surface area contributed by atoms with Gasteiger partial charge in [0, 0.05) is 11.1 Å². The Bertz CT molecular complexity index is 327. The van der Waals surface area contributed by atoms with Crippen molar-refractivity contribution in [2.24, 2.45) is 0 Å². The normalized spacial score (nSPS) is 19.8. The van der Waals surface area contributed by atoms with E-state index in [4.69, 9.17) is 4.74 Å². The van der Waals surface area contributed by atoms with E-state index in [1.165, 1.54) is 0 Å². The maximum atomic E-state index is 10.6. The molecule has 0 amide bonds. The monoisotopic (exact) mass is 160 g/mol. The van der Waals surface area contributed by atoms with Crippen LogP contribution in [0.25, 0.3) is 0 Å². The lowest BCUT2D eigenvalue weighted by atomic mass is 9.99. The minimum Gasteiger partial charge on any atom is -0.464 e. The standard InChI is InChI=1S/C10H8O2/c11-7-9-4-1-3-8-5-2-6-12-10(8)9/h1-3,5-7H,4H2. The molecular formula is C10H8O2. The van der Waals surface area contributed by atoms with E-state index in [1.54, 1.807) is 6.26 Å². The van der Waals surface area contributed by atoms with E-state index >= 15 is 0 Å². The number of fused-ring (bicyclic) bond motifs is 1. The van der Waals surface area contributed by atoms with Crippen molar-refractivity contribution >= 4 is 6.29 Å². The summed E-state index contributed by atoms with van der Waals surface area (Å²) in [5.74, 6) is 0.704. The number of carbonyl (C=O) groups excluding carboxylic acids is 1. The first kappa shape index (κ1) is 7.10. The average molecular weight is 160 g/mol. The van der Waals surface area contributed by atoms with Gasteiger partial charge >= 0.3 is 0 Å². The molecule has 0 atom stereocenters. The van der Waals surface area contributed by atoms with E-state index in [0.717, 1.165) is 11.9 Å². The summed E-state index contributed by atoms with van der Waals surface area (Å²) in [4.78, 5) is 10.6. The van der Waals surface area contributed by atoms with Crippen molar-refractivity contribution in [3.05, 3.63) is 47.5 Å². The summed E-state index contributed by atoms with van der Waals surface area (Å²) in [6.45, 7) is 0. The summed E-state index contributed by atoms with van der Waals surface area (Å²) in [5, 5.41) is 0. The third kappa shape index (κ3) is 1.01. The number of aldehydes is 1. The van der Waals surface area contributed by atoms with Crippen LogP contribution in [0.3, 0.4) is 0 Å². The predicted octanol–water partition coefficient (Wildman–Crippen LogP) is 1.87. The quantitative estimate of drug-likeness (QED) is 0.547. The molecule has 0 radical (unpaired) electrons. The Morgan fingerprint density at radius 3 is 3.25 bits per heavy atom. The Morgan fingerprint density at radius 2 is 2.42 bits per heavy atom. The molecule has 0 N–H and O–H groups in total. The highest BCUT2D eigenvalue weighted by atomic mass is 16.5. The maximum absolute atomic E-state index is 10.6. The van der Waals surface area contributed by atoms with Crippen LogP contribution in [-0.4, -0.2) is 6.29 Å². The lowest BCUT2D eigenvalue weighted by molar-refractivity contribution is -0.105. The van der Waals surface area contributed by atoms with Crippen molar-refractivity contribution in [2.45, 2.75) is 6.42 Å². The van der Waals surface area contributed by atoms with Gasteiger partial charge in [-0.2, -0.15) is 0 Å². The summed E-state index contributed by atoms with van der Waals surface area (Å²) in [6.07, 6.45) is 10.8. The number of hydrogen-bond donors (Lipinski definition) is 0. The summed E-state index contributed by atoms with van der Waals surface area (Å²) in [6, 6.07) is 0. The van der Waals surface area contributed by atoms with Crippen LogP contribution in [0.2, 0.25) is 0 Å². The SMILES string of the molecule is O=CC1=C2OC=CC=C2C=CC1. The molecule has 1 aliphatic heterocycles. The van der Waals surface area contributed by atoms with Crippen LogP contribution in [0, 0.1) is 0 Å². The lowest BCUT2D eigenvalue weighted by Gasteiger charge is -2.16. The van der Waals surface area contributed by atoms with Gasteiger partial charge in [-0.05, 0) is 18.6 Å². The van der Waals surface area contributed by atoms with E-state index < -0.39 is 0 Å². The molecule has 2 nitrogen and oxygen atoms in total. The van der Waals surface area contributed by atoms with E-state index in [-0.39, 0.29) is 0 Å². The summed E-state index contributed by atoms with van der Waals surface area (Å²) in [7, 11) is 0. The number of hydrogen-bond acceptors (Lipinski definition) is 2. The van der Waals surface area contributed by atoms with Gasteiger partial charge in [0.2, 0.25) is 0 Å². The van der Waals surface area contributed by atoms with E-state index in [9.17, 15) is 4.79 Å². The Kier molecular flexibility index (Phi) is 1.67. The smallest absolute Gasteiger partial charge is 0.150 e. The van der Waals surface area contributed by atoms with Crippen molar-refractivity contribution in [2.75, 3.05) is 0 Å². The van der Waals surface area contributed by atoms with Crippen LogP contribution in [0.1, 0.15) is 6.42 Å². The van der Waals surface area contributed by atoms with Crippen molar-refractivity contribution in [3.63, 3.8) is 0 Å². The minimum absolute atomic E-state index is 0.671. The van der Waals surface area contributed by atoms with Crippen LogP contribution in [0.5, 0.6) is 0 Å². The van der Waals surface area contributed by atoms with E-state index in [2.05, 4.69) is 0 Å². The van der Waals surface area contributed by atoms with Crippen LogP contribution in [0.4, 0.5) is 0 Å². The third-order valence-electron chi connectivity index (χ3n) is 1.87. The molecule has 1 aliphatic carbocycles. The number of ether oxygens (including phenoxy) is 1. The van der Waals surface area contributed by atoms with Gasteiger partial charge in [0.1, 0.15) is 12.0 Å². The molecule has 0 unspecified atom stereocenters. The molecule has 0 aromatic heterocycles. The highest BCUT2D eigenvalue weighted by Crippen LogP contribution is 2.26. The van der Waals surface area contributed by atoms with Crippen molar-refractivity contribution < 1.29 is 9.53 Å². The van der Waals surface area contributed by atoms with Crippen LogP contribution >= 0.6 is 0 Å². The molecular weight excluding hydrogens is 152 g/mol. The fraction of sp³-hybridized carbons (Fsp3) is 0.100. The molecule has 0 aromatic rings. The number of rotatable bonds is 1. The van der Waals surface area contributed by atoms with Crippen molar-refractivity contribution in [1.29, 1.82) is 0 Å². The van der Waals surface area contributed by atoms with Gasteiger partial charge < -0.3 is 4.74 Å². The molecule has 0 bridgehead atoms. The zero-order valence-electron chi connectivity index (χ0n) is 6.49. The second-order valence-corrected chi connectivity index (χ2v) is 2.65. The van der Waals surface area contributed by atoms with Gasteiger partial charge in [0.25, 0.3) is 0 Å². The fourth-order valence-corrected chi connectivity index (χ4v) is 1.29. The molecule has 12 heavy (non-hydrogen) atoms. The number of carbonyl (C=O) groups is 1. The topological polar surface area (TPSA) is 26.3 Å². The molecule has 0 saturated heterocycles. The first-order chi connectivity index (χ1) is 5.92. The van der Waals surface area contributed by atoms with Gasteiger partial charge in [-0.25, -0.2) is 0 Å². The molecule has 0 saturated carbocycles. The summed E-state index contributed by atoms with van der Waals surface area (Å²) >= 11 is 0. The Hall–Kier alpha value is -1.57. The molecule has 2 aliphatic rings. The van der Waals surface area contributed by atoms with Crippen LogP contribution < -0.4 is 0 Å². The average Bonchev–Trinajstić information content (AvgIpc) is 2.17. The van der Waals surface area contributed by atoms with Gasteiger partial charge in [0.05, 0.1) is 6.26 Å². The summed E-state index contributed by atoms with van der Waals surface area (Å²) < 4.78 is 5.23. The number of allylic oxidation sites excluding steroid dienone is 5. The largest absolute Gasteiger partial charge is 0.464 e. The molecule has 0 aromatic carbocycles. The summed E-state index contributed by atoms with van der Waals surface area (Å²) in [5.41, 5.74) is 1.69. The molecule has 0 spiro atoms. The first-order valence-electron chi connectivity index (χ1n) is 3.80. The molecule has 2 rings (SSSR count). The molecule has 1 heterocycles. The van der Waals surface area contributed by atoms with Crippen molar-refractivity contribution in [3.8, 4) is 0 Å². The Balaban J connectivity index is 2.47. The van der Waals surface area contributed by atoms with Crippen LogP contribution in [0.15, 0.2) is 47.5 Å². The predicted molar refractivity (Wildman–Crippen MR) is 45.2 cm³/mol. The van der Waals surface area contributed by atoms with Gasteiger partial charge in [-0.15, -0.1) is 0 Å². The lowest BCUT2D eigenvalue weighted by Crippen LogP contribution is -2.03. The van der Waals surface area contributed by atoms with Gasteiger partial charge in [-0.1, -0.05) is 12.2 Å². The van der Waals surface area contributed by atoms with Gasteiger partial charge in [-0.3, -0.25) is 4.79 Å². The highest BCUT2D eigenvalue weighted by molar-refractivity contribution is 5.77. The van der Waals surface area contributed by atoms with Gasteiger partial charge in [0.15, 0.2) is 0 Å². The minimum atomic E-state index is 0.671. The zero-order valence-corrected chi connectivity index (χ0v) is 6.49. The Labute approximate surface area is 70.5 Å². The molecule has 60 valence electrons. The van der Waals surface area contributed by atoms with Crippen molar-refractivity contribution in [1.82, 2.24) is 0 Å². The fourth-order valence-electron chi connectivity index (χ4n) is 1.29. The first-order valence-corrected chi connectivity index (χ1v) is 3.80. The molecule has 0 fully saturated rings. The van der Waals surface area contributed by atoms with E-state index in [1.807, 2.05) is 24.3 Å². The highest BCUT2D eigenvalue weighted by Gasteiger charge is 2.14. The third-order valence-corrected chi connectivity index (χ3v) is 1.87. The van der Waals surface area contributed by atoms with E-state index in [0.29, 0.717) is 17.8 Å². The Morgan fingerprint density at radius 1 is 1.50 bits per heavy atom. The zero-order chi connectivity index (χ0) is 8.39.